The first kappa shape index (κ1) is 14.5. The molecule has 1 rings (SSSR count). The van der Waals surface area contributed by atoms with E-state index in [4.69, 9.17) is 0 Å². The molecule has 1 unspecified atom stereocenters. The molecule has 1 aromatic rings. The summed E-state index contributed by atoms with van der Waals surface area (Å²) in [5.74, 6) is 0. The molecule has 2 N–H and O–H groups in total. The summed E-state index contributed by atoms with van der Waals surface area (Å²) in [5, 5.41) is 10.1. The maximum atomic E-state index is 11.6. The second-order valence-corrected chi connectivity index (χ2v) is 4.48. The average molecular weight is 252 g/mol. The fourth-order valence-corrected chi connectivity index (χ4v) is 1.91. The Morgan fingerprint density at radius 1 is 1.50 bits per heavy atom. The number of carbonyl (C=O) groups is 1. The molecule has 1 aromatic heterocycles. The summed E-state index contributed by atoms with van der Waals surface area (Å²) >= 11 is 0. The van der Waals surface area contributed by atoms with Gasteiger partial charge < -0.3 is 10.6 Å². The predicted molar refractivity (Wildman–Crippen MR) is 72.5 cm³/mol. The van der Waals surface area contributed by atoms with E-state index in [9.17, 15) is 4.79 Å². The lowest BCUT2D eigenvalue weighted by molar-refractivity contribution is 0.237. The van der Waals surface area contributed by atoms with Crippen LogP contribution in [-0.2, 0) is 6.54 Å². The molecule has 1 atom stereocenters. The summed E-state index contributed by atoms with van der Waals surface area (Å²) < 4.78 is 1.93. The topological polar surface area (TPSA) is 59.0 Å². The van der Waals surface area contributed by atoms with Crippen LogP contribution in [0.4, 0.5) is 4.79 Å². The number of hydrogen-bond donors (Lipinski definition) is 2. The Kier molecular flexibility index (Phi) is 5.68. The molecular weight excluding hydrogens is 228 g/mol. The Morgan fingerprint density at radius 2 is 2.22 bits per heavy atom. The van der Waals surface area contributed by atoms with Gasteiger partial charge in [-0.15, -0.1) is 0 Å². The lowest BCUT2D eigenvalue weighted by atomic mass is 10.1. The fourth-order valence-electron chi connectivity index (χ4n) is 1.91. The Morgan fingerprint density at radius 3 is 2.78 bits per heavy atom. The molecule has 18 heavy (non-hydrogen) atoms. The van der Waals surface area contributed by atoms with Crippen LogP contribution in [-0.4, -0.2) is 22.4 Å². The number of rotatable bonds is 6. The van der Waals surface area contributed by atoms with Gasteiger partial charge in [0.05, 0.1) is 12.2 Å². The number of aryl methyl sites for hydroxylation is 1. The summed E-state index contributed by atoms with van der Waals surface area (Å²) in [6.45, 7) is 9.73. The van der Waals surface area contributed by atoms with Gasteiger partial charge in [0.15, 0.2) is 0 Å². The van der Waals surface area contributed by atoms with Crippen molar-refractivity contribution in [1.82, 2.24) is 20.4 Å². The molecule has 0 aliphatic rings. The van der Waals surface area contributed by atoms with Crippen molar-refractivity contribution >= 4 is 6.03 Å². The Labute approximate surface area is 109 Å². The van der Waals surface area contributed by atoms with Gasteiger partial charge in [0.1, 0.15) is 0 Å². The van der Waals surface area contributed by atoms with Crippen LogP contribution in [0.25, 0.3) is 0 Å². The van der Waals surface area contributed by atoms with Crippen LogP contribution in [0.3, 0.4) is 0 Å². The van der Waals surface area contributed by atoms with Crippen LogP contribution < -0.4 is 10.6 Å². The Hall–Kier alpha value is -1.52. The van der Waals surface area contributed by atoms with Crippen molar-refractivity contribution in [3.05, 3.63) is 17.5 Å². The number of aromatic nitrogens is 2. The van der Waals surface area contributed by atoms with Crippen molar-refractivity contribution in [2.24, 2.45) is 0 Å². The molecule has 0 saturated carbocycles. The van der Waals surface area contributed by atoms with Crippen LogP contribution in [0.2, 0.25) is 0 Å². The average Bonchev–Trinajstić information content (AvgIpc) is 2.70. The minimum Gasteiger partial charge on any atom is -0.338 e. The number of unbranched alkanes of at least 4 members (excludes halogenated alkanes) is 1. The van der Waals surface area contributed by atoms with E-state index in [2.05, 4.69) is 29.6 Å². The van der Waals surface area contributed by atoms with Crippen LogP contribution in [0.1, 0.15) is 50.9 Å². The van der Waals surface area contributed by atoms with Crippen LogP contribution in [0.5, 0.6) is 0 Å². The first-order valence-corrected chi connectivity index (χ1v) is 6.66. The van der Waals surface area contributed by atoms with Gasteiger partial charge in [-0.3, -0.25) is 4.68 Å². The molecule has 0 aliphatic heterocycles. The standard InChI is InChI=1S/C13H24N4O/c1-5-7-8-14-13(18)16-10(3)12-9-15-17(6-2)11(12)4/h9-10H,5-8H2,1-4H3,(H2,14,16,18). The smallest absolute Gasteiger partial charge is 0.315 e. The highest BCUT2D eigenvalue weighted by atomic mass is 16.2. The zero-order valence-corrected chi connectivity index (χ0v) is 11.8. The van der Waals surface area contributed by atoms with E-state index < -0.39 is 0 Å². The highest BCUT2D eigenvalue weighted by Gasteiger charge is 2.14. The summed E-state index contributed by atoms with van der Waals surface area (Å²) in [6, 6.07) is -0.133. The van der Waals surface area contributed by atoms with Gasteiger partial charge in [0, 0.05) is 24.3 Å². The third kappa shape index (κ3) is 3.75. The van der Waals surface area contributed by atoms with Gasteiger partial charge in [0.25, 0.3) is 0 Å². The summed E-state index contributed by atoms with van der Waals surface area (Å²) in [4.78, 5) is 11.6. The van der Waals surface area contributed by atoms with Crippen LogP contribution in [0.15, 0.2) is 6.20 Å². The summed E-state index contributed by atoms with van der Waals surface area (Å²) in [5.41, 5.74) is 2.18. The van der Waals surface area contributed by atoms with Gasteiger partial charge in [-0.1, -0.05) is 13.3 Å². The lowest BCUT2D eigenvalue weighted by Crippen LogP contribution is -2.37. The largest absolute Gasteiger partial charge is 0.338 e. The molecule has 5 heteroatoms. The monoisotopic (exact) mass is 252 g/mol. The molecule has 0 aromatic carbocycles. The predicted octanol–water partition coefficient (Wildman–Crippen LogP) is 2.37. The van der Waals surface area contributed by atoms with Crippen molar-refractivity contribution in [2.75, 3.05) is 6.54 Å². The molecule has 0 fully saturated rings. The number of nitrogens with zero attached hydrogens (tertiary/aromatic N) is 2. The van der Waals surface area contributed by atoms with E-state index in [0.717, 1.165) is 37.2 Å². The third-order valence-electron chi connectivity index (χ3n) is 3.07. The molecule has 0 radical (unpaired) electrons. The fraction of sp³-hybridized carbons (Fsp3) is 0.692. The maximum absolute atomic E-state index is 11.6. The van der Waals surface area contributed by atoms with E-state index in [-0.39, 0.29) is 12.1 Å². The first-order chi connectivity index (χ1) is 8.60. The third-order valence-corrected chi connectivity index (χ3v) is 3.07. The van der Waals surface area contributed by atoms with Crippen molar-refractivity contribution in [3.63, 3.8) is 0 Å². The zero-order chi connectivity index (χ0) is 13.5. The van der Waals surface area contributed by atoms with E-state index in [1.807, 2.05) is 24.7 Å². The van der Waals surface area contributed by atoms with E-state index >= 15 is 0 Å². The molecule has 0 aliphatic carbocycles. The maximum Gasteiger partial charge on any atom is 0.315 e. The Balaban J connectivity index is 2.51. The molecular formula is C13H24N4O. The number of hydrogen-bond acceptors (Lipinski definition) is 2. The van der Waals surface area contributed by atoms with Gasteiger partial charge >= 0.3 is 6.03 Å². The normalized spacial score (nSPS) is 12.2. The van der Waals surface area contributed by atoms with Gasteiger partial charge in [-0.25, -0.2) is 4.79 Å². The quantitative estimate of drug-likeness (QED) is 0.764. The van der Waals surface area contributed by atoms with E-state index in [1.165, 1.54) is 0 Å². The Bertz CT molecular complexity index is 386. The second-order valence-electron chi connectivity index (χ2n) is 4.48. The molecule has 102 valence electrons. The molecule has 1 heterocycles. The van der Waals surface area contributed by atoms with Crippen molar-refractivity contribution < 1.29 is 4.79 Å². The van der Waals surface area contributed by atoms with Crippen molar-refractivity contribution in [1.29, 1.82) is 0 Å². The number of nitrogens with one attached hydrogen (secondary N) is 2. The molecule has 0 spiro atoms. The van der Waals surface area contributed by atoms with E-state index in [0.29, 0.717) is 0 Å². The van der Waals surface area contributed by atoms with Crippen LogP contribution in [0, 0.1) is 6.92 Å². The SMILES string of the molecule is CCCCNC(=O)NC(C)c1cnn(CC)c1C. The number of carbonyl (C=O) groups excluding carboxylic acids is 1. The highest BCUT2D eigenvalue weighted by Crippen LogP contribution is 2.16. The van der Waals surface area contributed by atoms with Crippen LogP contribution >= 0.6 is 0 Å². The minimum absolute atomic E-state index is 0.0214. The number of urea groups is 1. The molecule has 0 saturated heterocycles. The minimum atomic E-state index is -0.111. The molecule has 2 amide bonds. The lowest BCUT2D eigenvalue weighted by Gasteiger charge is -2.14. The van der Waals surface area contributed by atoms with Crippen molar-refractivity contribution in [3.8, 4) is 0 Å². The van der Waals surface area contributed by atoms with Gasteiger partial charge in [-0.05, 0) is 27.2 Å². The number of amides is 2. The van der Waals surface area contributed by atoms with E-state index in [1.54, 1.807) is 0 Å². The van der Waals surface area contributed by atoms with Gasteiger partial charge in [-0.2, -0.15) is 5.10 Å². The molecule has 5 nitrogen and oxygen atoms in total. The van der Waals surface area contributed by atoms with Crippen molar-refractivity contribution in [2.45, 2.75) is 53.1 Å². The highest BCUT2D eigenvalue weighted by molar-refractivity contribution is 5.74. The first-order valence-electron chi connectivity index (χ1n) is 6.66. The summed E-state index contributed by atoms with van der Waals surface area (Å²) in [6.07, 6.45) is 3.92. The molecule has 0 bridgehead atoms. The van der Waals surface area contributed by atoms with Gasteiger partial charge in [0.2, 0.25) is 0 Å². The summed E-state index contributed by atoms with van der Waals surface area (Å²) in [7, 11) is 0. The zero-order valence-electron chi connectivity index (χ0n) is 11.8. The second kappa shape index (κ2) is 7.03.